The summed E-state index contributed by atoms with van der Waals surface area (Å²) in [5, 5.41) is 5.51. The van der Waals surface area contributed by atoms with Gasteiger partial charge in [-0.1, -0.05) is 24.6 Å². The van der Waals surface area contributed by atoms with Gasteiger partial charge < -0.3 is 10.6 Å². The van der Waals surface area contributed by atoms with E-state index in [0.29, 0.717) is 17.8 Å². The second-order valence-corrected chi connectivity index (χ2v) is 9.10. The molecule has 0 aromatic heterocycles. The van der Waals surface area contributed by atoms with Gasteiger partial charge in [-0.3, -0.25) is 9.59 Å². The molecule has 0 radical (unpaired) electrons. The minimum Gasteiger partial charge on any atom is -0.326 e. The van der Waals surface area contributed by atoms with Crippen molar-refractivity contribution in [1.29, 1.82) is 0 Å². The maximum Gasteiger partial charge on any atom is 0.257 e. The standard InChI is InChI=1S/C20H24ClN3O4S/c1-5-19(25)22-14-7-6-8-15(11-14)23-20(26)17-12-16(9-10-18(17)21)29(27,28)24(4)13(2)3/h6-13H,5H2,1-4H3,(H,22,25)(H,23,26). The lowest BCUT2D eigenvalue weighted by molar-refractivity contribution is -0.115. The minimum atomic E-state index is -3.76. The molecule has 0 aliphatic heterocycles. The van der Waals surface area contributed by atoms with Gasteiger partial charge in [0.2, 0.25) is 15.9 Å². The lowest BCUT2D eigenvalue weighted by atomic mass is 10.2. The van der Waals surface area contributed by atoms with Crippen molar-refractivity contribution >= 4 is 44.8 Å². The molecule has 7 nitrogen and oxygen atoms in total. The lowest BCUT2D eigenvalue weighted by Gasteiger charge is -2.21. The van der Waals surface area contributed by atoms with E-state index in [0.717, 1.165) is 0 Å². The van der Waals surface area contributed by atoms with Crippen molar-refractivity contribution in [2.45, 2.75) is 38.1 Å². The van der Waals surface area contributed by atoms with Crippen LogP contribution in [0.25, 0.3) is 0 Å². The van der Waals surface area contributed by atoms with E-state index < -0.39 is 15.9 Å². The zero-order chi connectivity index (χ0) is 21.8. The van der Waals surface area contributed by atoms with Gasteiger partial charge in [-0.15, -0.1) is 0 Å². The first-order valence-electron chi connectivity index (χ1n) is 9.05. The van der Waals surface area contributed by atoms with Crippen molar-refractivity contribution in [1.82, 2.24) is 4.31 Å². The topological polar surface area (TPSA) is 95.6 Å². The number of hydrogen-bond acceptors (Lipinski definition) is 4. The van der Waals surface area contributed by atoms with Crippen molar-refractivity contribution in [3.05, 3.63) is 53.1 Å². The fourth-order valence-corrected chi connectivity index (χ4v) is 4.00. The molecule has 29 heavy (non-hydrogen) atoms. The third-order valence-corrected chi connectivity index (χ3v) is 6.67. The quantitative estimate of drug-likeness (QED) is 0.685. The average molecular weight is 438 g/mol. The summed E-state index contributed by atoms with van der Waals surface area (Å²) in [4.78, 5) is 24.2. The zero-order valence-electron chi connectivity index (χ0n) is 16.7. The Hall–Kier alpha value is -2.42. The Morgan fingerprint density at radius 3 is 2.28 bits per heavy atom. The Labute approximate surface area is 176 Å². The first-order valence-corrected chi connectivity index (χ1v) is 10.9. The van der Waals surface area contributed by atoms with E-state index in [1.807, 2.05) is 0 Å². The zero-order valence-corrected chi connectivity index (χ0v) is 18.3. The molecule has 0 heterocycles. The number of anilines is 2. The molecule has 0 fully saturated rings. The number of nitrogens with one attached hydrogen (secondary N) is 2. The third kappa shape index (κ3) is 5.56. The minimum absolute atomic E-state index is 0.0211. The van der Waals surface area contributed by atoms with Crippen LogP contribution in [0.2, 0.25) is 5.02 Å². The molecule has 0 unspecified atom stereocenters. The van der Waals surface area contributed by atoms with E-state index in [2.05, 4.69) is 10.6 Å². The Balaban J connectivity index is 2.30. The molecular weight excluding hydrogens is 414 g/mol. The number of halogens is 1. The van der Waals surface area contributed by atoms with E-state index in [1.165, 1.54) is 29.6 Å². The highest BCUT2D eigenvalue weighted by Crippen LogP contribution is 2.25. The molecular formula is C20H24ClN3O4S. The molecule has 2 N–H and O–H groups in total. The van der Waals surface area contributed by atoms with Crippen molar-refractivity contribution in [2.24, 2.45) is 0 Å². The summed E-state index contributed by atoms with van der Waals surface area (Å²) in [7, 11) is -2.28. The van der Waals surface area contributed by atoms with E-state index in [-0.39, 0.29) is 27.4 Å². The molecule has 0 saturated carbocycles. The highest BCUT2D eigenvalue weighted by molar-refractivity contribution is 7.89. The number of carbonyl (C=O) groups is 2. The molecule has 0 aliphatic rings. The van der Waals surface area contributed by atoms with Crippen LogP contribution in [-0.2, 0) is 14.8 Å². The van der Waals surface area contributed by atoms with Crippen molar-refractivity contribution in [3.8, 4) is 0 Å². The van der Waals surface area contributed by atoms with Gasteiger partial charge in [-0.05, 0) is 50.2 Å². The number of rotatable bonds is 7. The SMILES string of the molecule is CCC(=O)Nc1cccc(NC(=O)c2cc(S(=O)(=O)N(C)C(C)C)ccc2Cl)c1. The maximum atomic E-state index is 12.7. The van der Waals surface area contributed by atoms with Gasteiger partial charge in [0.05, 0.1) is 15.5 Å². The Morgan fingerprint density at radius 2 is 1.69 bits per heavy atom. The summed E-state index contributed by atoms with van der Waals surface area (Å²) in [6.07, 6.45) is 0.332. The second-order valence-electron chi connectivity index (χ2n) is 6.69. The molecule has 0 aliphatic carbocycles. The Kier molecular flexibility index (Phi) is 7.40. The van der Waals surface area contributed by atoms with Gasteiger partial charge in [0.25, 0.3) is 5.91 Å². The van der Waals surface area contributed by atoms with Gasteiger partial charge in [-0.2, -0.15) is 4.31 Å². The van der Waals surface area contributed by atoms with E-state index in [4.69, 9.17) is 11.6 Å². The predicted octanol–water partition coefficient (Wildman–Crippen LogP) is 3.97. The number of hydrogen-bond donors (Lipinski definition) is 2. The van der Waals surface area contributed by atoms with Crippen LogP contribution >= 0.6 is 11.6 Å². The largest absolute Gasteiger partial charge is 0.326 e. The van der Waals surface area contributed by atoms with Gasteiger partial charge in [0, 0.05) is 30.9 Å². The van der Waals surface area contributed by atoms with Crippen LogP contribution in [0.4, 0.5) is 11.4 Å². The molecule has 0 spiro atoms. The van der Waals surface area contributed by atoms with Gasteiger partial charge in [0.15, 0.2) is 0 Å². The van der Waals surface area contributed by atoms with Crippen LogP contribution in [0.15, 0.2) is 47.4 Å². The highest BCUT2D eigenvalue weighted by Gasteiger charge is 2.25. The molecule has 2 amide bonds. The molecule has 0 bridgehead atoms. The van der Waals surface area contributed by atoms with Crippen molar-refractivity contribution in [2.75, 3.05) is 17.7 Å². The van der Waals surface area contributed by atoms with Gasteiger partial charge >= 0.3 is 0 Å². The van der Waals surface area contributed by atoms with Gasteiger partial charge in [-0.25, -0.2) is 8.42 Å². The number of sulfonamides is 1. The van der Waals surface area contributed by atoms with Crippen LogP contribution < -0.4 is 10.6 Å². The van der Waals surface area contributed by atoms with Crippen LogP contribution in [0, 0.1) is 0 Å². The van der Waals surface area contributed by atoms with Gasteiger partial charge in [0.1, 0.15) is 0 Å². The number of nitrogens with zero attached hydrogens (tertiary/aromatic N) is 1. The smallest absolute Gasteiger partial charge is 0.257 e. The average Bonchev–Trinajstić information content (AvgIpc) is 2.67. The first-order chi connectivity index (χ1) is 13.6. The monoisotopic (exact) mass is 437 g/mol. The summed E-state index contributed by atoms with van der Waals surface area (Å²) < 4.78 is 26.6. The second kappa shape index (κ2) is 9.39. The molecule has 0 saturated heterocycles. The summed E-state index contributed by atoms with van der Waals surface area (Å²) in [5.74, 6) is -0.707. The summed E-state index contributed by atoms with van der Waals surface area (Å²) in [6, 6.07) is 10.4. The number of amides is 2. The Morgan fingerprint density at radius 1 is 1.07 bits per heavy atom. The predicted molar refractivity (Wildman–Crippen MR) is 115 cm³/mol. The van der Waals surface area contributed by atoms with E-state index in [1.54, 1.807) is 45.0 Å². The van der Waals surface area contributed by atoms with Crippen LogP contribution in [0.5, 0.6) is 0 Å². The summed E-state index contributed by atoms with van der Waals surface area (Å²) in [6.45, 7) is 5.25. The number of carbonyl (C=O) groups excluding carboxylic acids is 2. The summed E-state index contributed by atoms with van der Waals surface area (Å²) in [5.41, 5.74) is 1.01. The number of benzene rings is 2. The van der Waals surface area contributed by atoms with Crippen molar-refractivity contribution < 1.29 is 18.0 Å². The summed E-state index contributed by atoms with van der Waals surface area (Å²) >= 11 is 6.14. The van der Waals surface area contributed by atoms with E-state index >= 15 is 0 Å². The molecule has 2 rings (SSSR count). The van der Waals surface area contributed by atoms with E-state index in [9.17, 15) is 18.0 Å². The molecule has 0 atom stereocenters. The highest BCUT2D eigenvalue weighted by atomic mass is 35.5. The molecule has 2 aromatic carbocycles. The molecule has 9 heteroatoms. The van der Waals surface area contributed by atoms with Crippen LogP contribution in [0.3, 0.4) is 0 Å². The van der Waals surface area contributed by atoms with Crippen molar-refractivity contribution in [3.63, 3.8) is 0 Å². The molecule has 2 aromatic rings. The fraction of sp³-hybridized carbons (Fsp3) is 0.300. The first kappa shape index (κ1) is 22.9. The van der Waals surface area contributed by atoms with Crippen LogP contribution in [-0.4, -0.2) is 37.6 Å². The normalized spacial score (nSPS) is 11.6. The third-order valence-electron chi connectivity index (χ3n) is 4.31. The molecule has 156 valence electrons. The maximum absolute atomic E-state index is 12.7. The van der Waals surface area contributed by atoms with Crippen LogP contribution in [0.1, 0.15) is 37.6 Å². The lowest BCUT2D eigenvalue weighted by Crippen LogP contribution is -2.33. The Bertz CT molecular complexity index is 1020. The fourth-order valence-electron chi connectivity index (χ4n) is 2.41.